The van der Waals surface area contributed by atoms with Crippen molar-refractivity contribution in [1.82, 2.24) is 0 Å². The minimum absolute atomic E-state index is 0.00467. The molecule has 0 fully saturated rings. The largest absolute Gasteiger partial charge is 0.494 e. The van der Waals surface area contributed by atoms with Gasteiger partial charge in [0.2, 0.25) is 5.43 Å². The van der Waals surface area contributed by atoms with Crippen molar-refractivity contribution in [3.05, 3.63) is 70.6 Å². The van der Waals surface area contributed by atoms with Crippen molar-refractivity contribution in [2.45, 2.75) is 6.92 Å². The minimum Gasteiger partial charge on any atom is -0.494 e. The van der Waals surface area contributed by atoms with Crippen LogP contribution in [0.25, 0.3) is 22.1 Å². The molecule has 26 heavy (non-hydrogen) atoms. The van der Waals surface area contributed by atoms with Gasteiger partial charge in [-0.2, -0.15) is 0 Å². The summed E-state index contributed by atoms with van der Waals surface area (Å²) in [6.07, 6.45) is 0. The molecule has 4 aromatic rings. The Morgan fingerprint density at radius 1 is 1.04 bits per heavy atom. The Morgan fingerprint density at radius 2 is 1.81 bits per heavy atom. The smallest absolute Gasteiger partial charge is 0.302 e. The molecule has 0 unspecified atom stereocenters. The summed E-state index contributed by atoms with van der Waals surface area (Å²) < 4.78 is 16.4. The lowest BCUT2D eigenvalue weighted by Gasteiger charge is -2.05. The third-order valence-electron chi connectivity index (χ3n) is 3.92. The van der Waals surface area contributed by atoms with Crippen LogP contribution in [0.2, 0.25) is 0 Å². The molecule has 2 heterocycles. The normalized spacial score (nSPS) is 11.0. The molecule has 1 amide bonds. The molecular weight excluding hydrogens is 334 g/mol. The molecule has 0 atom stereocenters. The number of benzene rings is 2. The van der Waals surface area contributed by atoms with Crippen LogP contribution in [-0.4, -0.2) is 12.5 Å². The van der Waals surface area contributed by atoms with Gasteiger partial charge in [0.1, 0.15) is 16.7 Å². The van der Waals surface area contributed by atoms with Crippen LogP contribution in [0.3, 0.4) is 0 Å². The zero-order valence-corrected chi connectivity index (χ0v) is 13.9. The van der Waals surface area contributed by atoms with Crippen molar-refractivity contribution in [3.63, 3.8) is 0 Å². The maximum absolute atomic E-state index is 12.5. The first-order valence-corrected chi connectivity index (χ1v) is 8.15. The summed E-state index contributed by atoms with van der Waals surface area (Å²) in [6, 6.07) is 15.2. The number of furan rings is 1. The highest BCUT2D eigenvalue weighted by atomic mass is 16.5. The minimum atomic E-state index is -0.469. The monoisotopic (exact) mass is 349 g/mol. The van der Waals surface area contributed by atoms with Gasteiger partial charge in [0.05, 0.1) is 12.0 Å². The number of ether oxygens (including phenoxy) is 1. The lowest BCUT2D eigenvalue weighted by Crippen LogP contribution is -2.10. The zero-order chi connectivity index (χ0) is 18.1. The Kier molecular flexibility index (Phi) is 3.93. The summed E-state index contributed by atoms with van der Waals surface area (Å²) in [5.41, 5.74) is 0.770. The standard InChI is InChI=1S/C20H15NO5/c1-2-24-13-9-7-12(8-10-13)21-19(23)17-11-15-18(22)14-5-3-4-6-16(14)25-20(15)26-17/h3-11H,2H2,1H3,(H,21,23). The number of hydrogen-bond acceptors (Lipinski definition) is 5. The molecule has 0 saturated heterocycles. The molecule has 1 N–H and O–H groups in total. The molecular formula is C20H15NO5. The van der Waals surface area contributed by atoms with Gasteiger partial charge in [-0.15, -0.1) is 0 Å². The molecule has 0 bridgehead atoms. The third kappa shape index (κ3) is 2.82. The topological polar surface area (TPSA) is 81.7 Å². The predicted molar refractivity (Wildman–Crippen MR) is 97.8 cm³/mol. The van der Waals surface area contributed by atoms with Crippen molar-refractivity contribution in [2.24, 2.45) is 0 Å². The lowest BCUT2D eigenvalue weighted by molar-refractivity contribution is 0.0997. The van der Waals surface area contributed by atoms with Gasteiger partial charge in [0.25, 0.3) is 5.91 Å². The second kappa shape index (κ2) is 6.40. The first-order valence-electron chi connectivity index (χ1n) is 8.15. The van der Waals surface area contributed by atoms with E-state index < -0.39 is 5.91 Å². The number of amides is 1. The van der Waals surface area contributed by atoms with E-state index in [2.05, 4.69) is 5.32 Å². The third-order valence-corrected chi connectivity index (χ3v) is 3.92. The number of anilines is 1. The van der Waals surface area contributed by atoms with E-state index in [-0.39, 0.29) is 22.4 Å². The summed E-state index contributed by atoms with van der Waals surface area (Å²) in [5.74, 6) is 0.287. The second-order valence-corrected chi connectivity index (χ2v) is 5.65. The maximum Gasteiger partial charge on any atom is 0.302 e. The maximum atomic E-state index is 12.5. The molecule has 0 aliphatic carbocycles. The van der Waals surface area contributed by atoms with Gasteiger partial charge in [-0.3, -0.25) is 9.59 Å². The molecule has 6 nitrogen and oxygen atoms in total. The number of carbonyl (C=O) groups is 1. The molecule has 0 radical (unpaired) electrons. The number of para-hydroxylation sites is 1. The molecule has 6 heteroatoms. The number of fused-ring (bicyclic) bond motifs is 2. The summed E-state index contributed by atoms with van der Waals surface area (Å²) in [6.45, 7) is 2.47. The zero-order valence-electron chi connectivity index (χ0n) is 13.9. The molecule has 0 spiro atoms. The average molecular weight is 349 g/mol. The van der Waals surface area contributed by atoms with E-state index in [0.29, 0.717) is 23.3 Å². The van der Waals surface area contributed by atoms with Gasteiger partial charge in [0.15, 0.2) is 5.76 Å². The van der Waals surface area contributed by atoms with E-state index in [9.17, 15) is 9.59 Å². The fourth-order valence-corrected chi connectivity index (χ4v) is 2.70. The van der Waals surface area contributed by atoms with Crippen LogP contribution < -0.4 is 15.5 Å². The van der Waals surface area contributed by atoms with E-state index in [1.807, 2.05) is 6.92 Å². The highest BCUT2D eigenvalue weighted by Crippen LogP contribution is 2.23. The number of rotatable bonds is 4. The van der Waals surface area contributed by atoms with Gasteiger partial charge < -0.3 is 18.9 Å². The van der Waals surface area contributed by atoms with E-state index in [1.165, 1.54) is 6.07 Å². The summed E-state index contributed by atoms with van der Waals surface area (Å²) >= 11 is 0. The molecule has 130 valence electrons. The van der Waals surface area contributed by atoms with Gasteiger partial charge in [-0.1, -0.05) is 12.1 Å². The van der Waals surface area contributed by atoms with Gasteiger partial charge in [0, 0.05) is 11.8 Å². The fourth-order valence-electron chi connectivity index (χ4n) is 2.70. The molecule has 0 aliphatic heterocycles. The molecule has 2 aromatic carbocycles. The fraction of sp³-hybridized carbons (Fsp3) is 0.100. The number of hydrogen-bond donors (Lipinski definition) is 1. The van der Waals surface area contributed by atoms with Gasteiger partial charge in [-0.25, -0.2) is 0 Å². The van der Waals surface area contributed by atoms with Gasteiger partial charge in [-0.05, 0) is 43.3 Å². The highest BCUT2D eigenvalue weighted by molar-refractivity contribution is 6.04. The Balaban J connectivity index is 1.65. The van der Waals surface area contributed by atoms with Crippen LogP contribution in [0.4, 0.5) is 5.69 Å². The van der Waals surface area contributed by atoms with Crippen molar-refractivity contribution < 1.29 is 18.4 Å². The predicted octanol–water partition coefficient (Wildman–Crippen LogP) is 4.19. The van der Waals surface area contributed by atoms with Crippen molar-refractivity contribution >= 4 is 33.7 Å². The lowest BCUT2D eigenvalue weighted by atomic mass is 10.2. The molecule has 2 aromatic heterocycles. The summed E-state index contributed by atoms with van der Waals surface area (Å²) in [5, 5.41) is 3.40. The second-order valence-electron chi connectivity index (χ2n) is 5.65. The quantitative estimate of drug-likeness (QED) is 0.597. The van der Waals surface area contributed by atoms with Crippen LogP contribution in [0.1, 0.15) is 17.5 Å². The average Bonchev–Trinajstić information content (AvgIpc) is 3.08. The van der Waals surface area contributed by atoms with Crippen LogP contribution in [0.5, 0.6) is 5.75 Å². The van der Waals surface area contributed by atoms with Crippen LogP contribution >= 0.6 is 0 Å². The molecule has 4 rings (SSSR count). The molecule has 0 saturated carbocycles. The Labute approximate surface area is 148 Å². The first kappa shape index (κ1) is 16.0. The van der Waals surface area contributed by atoms with Crippen molar-refractivity contribution in [3.8, 4) is 5.75 Å². The number of carbonyl (C=O) groups excluding carboxylic acids is 1. The van der Waals surface area contributed by atoms with E-state index in [4.69, 9.17) is 13.6 Å². The van der Waals surface area contributed by atoms with E-state index in [0.717, 1.165) is 5.75 Å². The summed E-state index contributed by atoms with van der Waals surface area (Å²) in [7, 11) is 0. The number of nitrogens with one attached hydrogen (secondary N) is 1. The summed E-state index contributed by atoms with van der Waals surface area (Å²) in [4.78, 5) is 24.9. The van der Waals surface area contributed by atoms with Crippen molar-refractivity contribution in [1.29, 1.82) is 0 Å². The Bertz CT molecular complexity index is 1150. The Hall–Kier alpha value is -3.54. The SMILES string of the molecule is CCOc1ccc(NC(=O)c2cc3c(=O)c4ccccc4oc3o2)cc1. The van der Waals surface area contributed by atoms with Crippen molar-refractivity contribution in [2.75, 3.05) is 11.9 Å². The molecule has 0 aliphatic rings. The first-order chi connectivity index (χ1) is 12.7. The van der Waals surface area contributed by atoms with Gasteiger partial charge >= 0.3 is 5.78 Å². The van der Waals surface area contributed by atoms with Crippen LogP contribution in [0, 0.1) is 0 Å². The van der Waals surface area contributed by atoms with Crippen LogP contribution in [-0.2, 0) is 0 Å². The van der Waals surface area contributed by atoms with Crippen LogP contribution in [0.15, 0.2) is 68.2 Å². The van der Waals surface area contributed by atoms with E-state index >= 15 is 0 Å². The highest BCUT2D eigenvalue weighted by Gasteiger charge is 2.17. The Morgan fingerprint density at radius 3 is 2.58 bits per heavy atom. The van der Waals surface area contributed by atoms with E-state index in [1.54, 1.807) is 48.5 Å².